The molecule has 1 saturated heterocycles. The second kappa shape index (κ2) is 7.24. The summed E-state index contributed by atoms with van der Waals surface area (Å²) in [6, 6.07) is 13.6. The van der Waals surface area contributed by atoms with Gasteiger partial charge in [0.05, 0.1) is 24.8 Å². The van der Waals surface area contributed by atoms with Gasteiger partial charge in [0.15, 0.2) is 0 Å². The molecule has 1 aliphatic rings. The van der Waals surface area contributed by atoms with E-state index in [0.29, 0.717) is 5.56 Å². The third kappa shape index (κ3) is 3.87. The summed E-state index contributed by atoms with van der Waals surface area (Å²) < 4.78 is 5.34. The van der Waals surface area contributed by atoms with Gasteiger partial charge in [-0.15, -0.1) is 0 Å². The lowest BCUT2D eigenvalue weighted by molar-refractivity contribution is 0.0939. The van der Waals surface area contributed by atoms with Crippen LogP contribution in [0.4, 0.5) is 5.82 Å². The average molecular weight is 311 g/mol. The molecule has 2 aromatic rings. The molecule has 120 valence electrons. The fourth-order valence-corrected chi connectivity index (χ4v) is 2.60. The Morgan fingerprint density at radius 2 is 1.91 bits per heavy atom. The molecule has 0 unspecified atom stereocenters. The number of pyridine rings is 1. The molecule has 5 heteroatoms. The first-order chi connectivity index (χ1) is 11.2. The van der Waals surface area contributed by atoms with Gasteiger partial charge in [-0.1, -0.05) is 30.3 Å². The molecule has 0 aliphatic carbocycles. The number of ether oxygens (including phenoxy) is 1. The van der Waals surface area contributed by atoms with E-state index in [-0.39, 0.29) is 11.9 Å². The molecule has 0 radical (unpaired) electrons. The molecule has 1 N–H and O–H groups in total. The zero-order chi connectivity index (χ0) is 16.1. The van der Waals surface area contributed by atoms with Gasteiger partial charge in [-0.3, -0.25) is 4.79 Å². The first kappa shape index (κ1) is 15.5. The van der Waals surface area contributed by atoms with Crippen molar-refractivity contribution in [3.63, 3.8) is 0 Å². The minimum atomic E-state index is -0.109. The molecule has 3 rings (SSSR count). The number of carbonyl (C=O) groups excluding carboxylic acids is 1. The SMILES string of the molecule is C[C@H](NC(=O)c1ccc(N2CCOCC2)nc1)c1ccccc1. The number of benzene rings is 1. The summed E-state index contributed by atoms with van der Waals surface area (Å²) in [6.07, 6.45) is 1.64. The van der Waals surface area contributed by atoms with E-state index in [1.807, 2.05) is 49.4 Å². The van der Waals surface area contributed by atoms with Crippen LogP contribution in [0.5, 0.6) is 0 Å². The average Bonchev–Trinajstić information content (AvgIpc) is 2.63. The summed E-state index contributed by atoms with van der Waals surface area (Å²) in [5.74, 6) is 0.781. The van der Waals surface area contributed by atoms with Gasteiger partial charge in [0.1, 0.15) is 5.82 Å². The summed E-state index contributed by atoms with van der Waals surface area (Å²) in [6.45, 7) is 5.09. The standard InChI is InChI=1S/C18H21N3O2/c1-14(15-5-3-2-4-6-15)20-18(22)16-7-8-17(19-13-16)21-9-11-23-12-10-21/h2-8,13-14H,9-12H2,1H3,(H,20,22)/t14-/m0/s1. The molecular weight excluding hydrogens is 290 g/mol. The monoisotopic (exact) mass is 311 g/mol. The highest BCUT2D eigenvalue weighted by Gasteiger charge is 2.14. The lowest BCUT2D eigenvalue weighted by Gasteiger charge is -2.27. The first-order valence-electron chi connectivity index (χ1n) is 7.88. The summed E-state index contributed by atoms with van der Waals surface area (Å²) >= 11 is 0. The van der Waals surface area contributed by atoms with Crippen molar-refractivity contribution in [1.29, 1.82) is 0 Å². The van der Waals surface area contributed by atoms with Crippen molar-refractivity contribution in [3.05, 3.63) is 59.8 Å². The second-order valence-electron chi connectivity index (χ2n) is 5.61. The van der Waals surface area contributed by atoms with Gasteiger partial charge in [-0.05, 0) is 24.6 Å². The Balaban J connectivity index is 1.63. The van der Waals surface area contributed by atoms with Gasteiger partial charge in [0.25, 0.3) is 5.91 Å². The third-order valence-corrected chi connectivity index (χ3v) is 3.99. The molecular formula is C18H21N3O2. The Bertz CT molecular complexity index is 637. The molecule has 0 saturated carbocycles. The van der Waals surface area contributed by atoms with Crippen LogP contribution in [0.1, 0.15) is 28.9 Å². The first-order valence-corrected chi connectivity index (χ1v) is 7.88. The summed E-state index contributed by atoms with van der Waals surface area (Å²) in [4.78, 5) is 18.9. The predicted molar refractivity (Wildman–Crippen MR) is 89.6 cm³/mol. The molecule has 0 spiro atoms. The number of hydrogen-bond acceptors (Lipinski definition) is 4. The maximum atomic E-state index is 12.3. The number of nitrogens with zero attached hydrogens (tertiary/aromatic N) is 2. The van der Waals surface area contributed by atoms with Crippen LogP contribution < -0.4 is 10.2 Å². The second-order valence-corrected chi connectivity index (χ2v) is 5.61. The fraction of sp³-hybridized carbons (Fsp3) is 0.333. The van der Waals surface area contributed by atoms with Crippen LogP contribution in [0.2, 0.25) is 0 Å². The van der Waals surface area contributed by atoms with Crippen molar-refractivity contribution in [3.8, 4) is 0 Å². The molecule has 1 aromatic carbocycles. The van der Waals surface area contributed by atoms with Crippen molar-refractivity contribution in [2.24, 2.45) is 0 Å². The van der Waals surface area contributed by atoms with Crippen LogP contribution in [-0.4, -0.2) is 37.2 Å². The molecule has 1 aromatic heterocycles. The summed E-state index contributed by atoms with van der Waals surface area (Å²) in [5.41, 5.74) is 1.66. The Kier molecular flexibility index (Phi) is 4.88. The molecule has 2 heterocycles. The maximum absolute atomic E-state index is 12.3. The zero-order valence-electron chi connectivity index (χ0n) is 13.2. The number of amides is 1. The van der Waals surface area contributed by atoms with E-state index in [9.17, 15) is 4.79 Å². The van der Waals surface area contributed by atoms with Crippen LogP contribution in [0.3, 0.4) is 0 Å². The molecule has 5 nitrogen and oxygen atoms in total. The minimum absolute atomic E-state index is 0.0392. The maximum Gasteiger partial charge on any atom is 0.253 e. The number of aromatic nitrogens is 1. The molecule has 1 fully saturated rings. The third-order valence-electron chi connectivity index (χ3n) is 3.99. The molecule has 1 aliphatic heterocycles. The topological polar surface area (TPSA) is 54.5 Å². The van der Waals surface area contributed by atoms with Gasteiger partial charge in [0, 0.05) is 19.3 Å². The number of carbonyl (C=O) groups is 1. The molecule has 1 atom stereocenters. The normalized spacial score (nSPS) is 16.0. The number of nitrogens with one attached hydrogen (secondary N) is 1. The van der Waals surface area contributed by atoms with Crippen LogP contribution in [0, 0.1) is 0 Å². The van der Waals surface area contributed by atoms with Crippen molar-refractivity contribution in [2.75, 3.05) is 31.2 Å². The van der Waals surface area contributed by atoms with Gasteiger partial charge in [-0.25, -0.2) is 4.98 Å². The Morgan fingerprint density at radius 1 is 1.17 bits per heavy atom. The van der Waals surface area contributed by atoms with E-state index in [4.69, 9.17) is 4.74 Å². The highest BCUT2D eigenvalue weighted by molar-refractivity contribution is 5.94. The van der Waals surface area contributed by atoms with Crippen molar-refractivity contribution < 1.29 is 9.53 Å². The molecule has 0 bridgehead atoms. The lowest BCUT2D eigenvalue weighted by Crippen LogP contribution is -2.36. The Hall–Kier alpha value is -2.40. The predicted octanol–water partition coefficient (Wildman–Crippen LogP) is 2.41. The van der Waals surface area contributed by atoms with Gasteiger partial charge in [0.2, 0.25) is 0 Å². The van der Waals surface area contributed by atoms with E-state index in [2.05, 4.69) is 15.2 Å². The van der Waals surface area contributed by atoms with Crippen LogP contribution in [0.15, 0.2) is 48.7 Å². The zero-order valence-corrected chi connectivity index (χ0v) is 13.2. The van der Waals surface area contributed by atoms with E-state index in [1.165, 1.54) is 0 Å². The molecule has 1 amide bonds. The van der Waals surface area contributed by atoms with Gasteiger partial charge < -0.3 is 15.0 Å². The quantitative estimate of drug-likeness (QED) is 0.942. The number of morpholine rings is 1. The van der Waals surface area contributed by atoms with E-state index in [1.54, 1.807) is 6.20 Å². The highest BCUT2D eigenvalue weighted by Crippen LogP contribution is 2.15. The summed E-state index contributed by atoms with van der Waals surface area (Å²) in [7, 11) is 0. The van der Waals surface area contributed by atoms with Crippen molar-refractivity contribution in [2.45, 2.75) is 13.0 Å². The van der Waals surface area contributed by atoms with Gasteiger partial charge >= 0.3 is 0 Å². The number of rotatable bonds is 4. The largest absolute Gasteiger partial charge is 0.378 e. The fourth-order valence-electron chi connectivity index (χ4n) is 2.60. The number of hydrogen-bond donors (Lipinski definition) is 1. The molecule has 23 heavy (non-hydrogen) atoms. The lowest BCUT2D eigenvalue weighted by atomic mass is 10.1. The van der Waals surface area contributed by atoms with Crippen molar-refractivity contribution >= 4 is 11.7 Å². The Labute approximate surface area is 136 Å². The van der Waals surface area contributed by atoms with Gasteiger partial charge in [-0.2, -0.15) is 0 Å². The number of anilines is 1. The summed E-state index contributed by atoms with van der Waals surface area (Å²) in [5, 5.41) is 3.00. The van der Waals surface area contributed by atoms with Crippen molar-refractivity contribution in [1.82, 2.24) is 10.3 Å². The highest BCUT2D eigenvalue weighted by atomic mass is 16.5. The van der Waals surface area contributed by atoms with Crippen LogP contribution >= 0.6 is 0 Å². The van der Waals surface area contributed by atoms with E-state index < -0.39 is 0 Å². The Morgan fingerprint density at radius 3 is 2.57 bits per heavy atom. The smallest absolute Gasteiger partial charge is 0.253 e. The van der Waals surface area contributed by atoms with Crippen LogP contribution in [0.25, 0.3) is 0 Å². The van der Waals surface area contributed by atoms with Crippen LogP contribution in [-0.2, 0) is 4.74 Å². The van der Waals surface area contributed by atoms with E-state index in [0.717, 1.165) is 37.7 Å². The minimum Gasteiger partial charge on any atom is -0.378 e. The van der Waals surface area contributed by atoms with E-state index >= 15 is 0 Å².